The molecule has 1 amide bonds. The Morgan fingerprint density at radius 3 is 2.10 bits per heavy atom. The Labute approximate surface area is 299 Å². The number of likely N-dealkylation sites (tertiary alicyclic amines) is 1. The largest absolute Gasteiger partial charge is 0.317 e. The first-order chi connectivity index (χ1) is 24.5. The highest BCUT2D eigenvalue weighted by Gasteiger charge is 2.52. The van der Waals surface area contributed by atoms with Crippen LogP contribution in [-0.4, -0.2) is 81.3 Å². The lowest BCUT2D eigenvalue weighted by Gasteiger charge is -2.33. The van der Waals surface area contributed by atoms with Crippen molar-refractivity contribution in [2.45, 2.75) is 47.8 Å². The van der Waals surface area contributed by atoms with Crippen LogP contribution in [0.4, 0.5) is 5.69 Å². The Morgan fingerprint density at radius 1 is 0.843 bits per heavy atom. The van der Waals surface area contributed by atoms with Crippen LogP contribution in [-0.2, 0) is 36.6 Å². The van der Waals surface area contributed by atoms with Gasteiger partial charge in [-0.05, 0) is 80.7 Å². The van der Waals surface area contributed by atoms with Crippen LogP contribution in [0.25, 0.3) is 33.4 Å². The summed E-state index contributed by atoms with van der Waals surface area (Å²) in [5, 5.41) is 3.80. The fourth-order valence-corrected chi connectivity index (χ4v) is 11.0. The van der Waals surface area contributed by atoms with Crippen molar-refractivity contribution >= 4 is 42.5 Å². The quantitative estimate of drug-likeness (QED) is 0.243. The van der Waals surface area contributed by atoms with Crippen molar-refractivity contribution in [1.29, 1.82) is 0 Å². The molecule has 3 aromatic carbocycles. The Hall–Kier alpha value is -4.36. The summed E-state index contributed by atoms with van der Waals surface area (Å²) in [5.41, 5.74) is 4.85. The van der Waals surface area contributed by atoms with E-state index in [0.717, 1.165) is 22.3 Å². The number of amides is 1. The van der Waals surface area contributed by atoms with Gasteiger partial charge in [0.1, 0.15) is 9.84 Å². The van der Waals surface area contributed by atoms with Crippen LogP contribution in [0.2, 0.25) is 0 Å². The highest BCUT2D eigenvalue weighted by atomic mass is 32.2. The maximum absolute atomic E-state index is 14.9. The van der Waals surface area contributed by atoms with Gasteiger partial charge in [0.2, 0.25) is 5.91 Å². The van der Waals surface area contributed by atoms with E-state index in [1.54, 1.807) is 48.5 Å². The molecule has 0 bridgehead atoms. The Bertz CT molecular complexity index is 2350. The van der Waals surface area contributed by atoms with E-state index in [1.807, 2.05) is 54.6 Å². The van der Waals surface area contributed by atoms with Crippen molar-refractivity contribution in [1.82, 2.24) is 19.2 Å². The standard InChI is InChI=1S/C39H41N5O5S2/c1-42-32-25-41-37-34(35(32)39(38(42)45)19-21-40-22-20-39)33(28-9-5-3-6-10-28)36(44(37)51(48,49)31-11-7-4-8-12-31)29-15-13-27(14-16-29)26-43-23-17-30(18-24-43)50(2,46)47/h3-16,25,30,40H,17-24,26H2,1-2H3. The monoisotopic (exact) mass is 723 g/mol. The fourth-order valence-electron chi connectivity index (χ4n) is 8.40. The Balaban J connectivity index is 1.36. The molecular weight excluding hydrogens is 683 g/mol. The molecule has 5 heterocycles. The molecule has 0 unspecified atom stereocenters. The summed E-state index contributed by atoms with van der Waals surface area (Å²) in [6.45, 7) is 3.40. The molecule has 0 saturated carbocycles. The van der Waals surface area contributed by atoms with Crippen LogP contribution < -0.4 is 10.2 Å². The third-order valence-electron chi connectivity index (χ3n) is 11.0. The van der Waals surface area contributed by atoms with Gasteiger partial charge in [0.25, 0.3) is 10.0 Å². The molecule has 0 aliphatic carbocycles. The minimum Gasteiger partial charge on any atom is -0.317 e. The average molecular weight is 724 g/mol. The number of sulfone groups is 1. The van der Waals surface area contributed by atoms with E-state index < -0.39 is 25.3 Å². The molecule has 1 spiro atoms. The number of aromatic nitrogens is 2. The van der Waals surface area contributed by atoms with Gasteiger partial charge < -0.3 is 10.2 Å². The number of carbonyl (C=O) groups excluding carboxylic acids is 1. The van der Waals surface area contributed by atoms with Gasteiger partial charge in [0, 0.05) is 36.4 Å². The van der Waals surface area contributed by atoms with Crippen LogP contribution >= 0.6 is 0 Å². The van der Waals surface area contributed by atoms with Crippen molar-refractivity contribution in [3.8, 4) is 22.4 Å². The zero-order chi connectivity index (χ0) is 35.5. The SMILES string of the molecule is CN1C(=O)C2(CCNCC2)c2c1cnc1c2c(-c2ccccc2)c(-c2ccc(CN3CCC(S(C)(=O)=O)CC3)cc2)n1S(=O)(=O)c1ccccc1. The van der Waals surface area contributed by atoms with Gasteiger partial charge >= 0.3 is 0 Å². The molecule has 8 rings (SSSR count). The molecule has 1 N–H and O–H groups in total. The molecule has 0 atom stereocenters. The lowest BCUT2D eigenvalue weighted by atomic mass is 9.72. The number of piperidine rings is 2. The molecule has 3 aliphatic heterocycles. The molecule has 5 aromatic rings. The predicted octanol–water partition coefficient (Wildman–Crippen LogP) is 5.21. The van der Waals surface area contributed by atoms with Crippen LogP contribution in [0.1, 0.15) is 36.8 Å². The molecule has 264 valence electrons. The smallest absolute Gasteiger partial charge is 0.269 e. The second-order valence-corrected chi connectivity index (χ2v) is 18.2. The fraction of sp³-hybridized carbons (Fsp3) is 0.333. The number of fused-ring (bicyclic) bond motifs is 4. The van der Waals surface area contributed by atoms with Crippen LogP contribution in [0.3, 0.4) is 0 Å². The van der Waals surface area contributed by atoms with E-state index >= 15 is 0 Å². The minimum absolute atomic E-state index is 0.0115. The van der Waals surface area contributed by atoms with Gasteiger partial charge in [-0.3, -0.25) is 9.69 Å². The Kier molecular flexibility index (Phi) is 8.41. The molecular formula is C39H41N5O5S2. The molecule has 2 aromatic heterocycles. The lowest BCUT2D eigenvalue weighted by molar-refractivity contribution is -0.123. The van der Waals surface area contributed by atoms with Crippen LogP contribution in [0.5, 0.6) is 0 Å². The number of likely N-dealkylation sites (N-methyl/N-ethyl adjacent to an activating group) is 1. The summed E-state index contributed by atoms with van der Waals surface area (Å²) in [7, 11) is -5.46. The number of rotatable bonds is 7. The molecule has 0 radical (unpaired) electrons. The van der Waals surface area contributed by atoms with Crippen molar-refractivity contribution < 1.29 is 21.6 Å². The molecule has 12 heteroatoms. The summed E-state index contributed by atoms with van der Waals surface area (Å²) >= 11 is 0. The third-order valence-corrected chi connectivity index (χ3v) is 14.4. The molecule has 10 nitrogen and oxygen atoms in total. The van der Waals surface area contributed by atoms with Gasteiger partial charge in [-0.25, -0.2) is 25.8 Å². The molecule has 51 heavy (non-hydrogen) atoms. The first-order valence-corrected chi connectivity index (χ1v) is 20.8. The number of nitrogens with one attached hydrogen (secondary N) is 1. The minimum atomic E-state index is -4.18. The summed E-state index contributed by atoms with van der Waals surface area (Å²) in [6.07, 6.45) is 5.40. The van der Waals surface area contributed by atoms with E-state index in [-0.39, 0.29) is 16.1 Å². The van der Waals surface area contributed by atoms with E-state index in [4.69, 9.17) is 4.98 Å². The topological polar surface area (TPSA) is 122 Å². The number of carbonyl (C=O) groups is 1. The van der Waals surface area contributed by atoms with E-state index in [2.05, 4.69) is 10.2 Å². The summed E-state index contributed by atoms with van der Waals surface area (Å²) in [4.78, 5) is 23.2. The number of nitrogens with zero attached hydrogens (tertiary/aromatic N) is 4. The van der Waals surface area contributed by atoms with Gasteiger partial charge in [0.15, 0.2) is 5.65 Å². The van der Waals surface area contributed by atoms with Crippen molar-refractivity contribution in [3.63, 3.8) is 0 Å². The number of anilines is 1. The number of pyridine rings is 1. The van der Waals surface area contributed by atoms with Gasteiger partial charge in [0.05, 0.1) is 33.1 Å². The highest BCUT2D eigenvalue weighted by molar-refractivity contribution is 7.91. The Morgan fingerprint density at radius 2 is 1.47 bits per heavy atom. The predicted molar refractivity (Wildman–Crippen MR) is 200 cm³/mol. The maximum atomic E-state index is 14.9. The molecule has 2 saturated heterocycles. The van der Waals surface area contributed by atoms with Crippen molar-refractivity contribution in [3.05, 3.63) is 102 Å². The van der Waals surface area contributed by atoms with Crippen LogP contribution in [0.15, 0.2) is 96.0 Å². The van der Waals surface area contributed by atoms with Gasteiger partial charge in [-0.2, -0.15) is 0 Å². The zero-order valence-electron chi connectivity index (χ0n) is 28.7. The van der Waals surface area contributed by atoms with Crippen molar-refractivity contribution in [2.24, 2.45) is 0 Å². The third kappa shape index (κ3) is 5.60. The zero-order valence-corrected chi connectivity index (χ0v) is 30.4. The number of hydrogen-bond acceptors (Lipinski definition) is 8. The first kappa shape index (κ1) is 33.8. The van der Waals surface area contributed by atoms with E-state index in [1.165, 1.54) is 10.2 Å². The second-order valence-electron chi connectivity index (χ2n) is 14.1. The van der Waals surface area contributed by atoms with Gasteiger partial charge in [-0.15, -0.1) is 0 Å². The van der Waals surface area contributed by atoms with E-state index in [0.29, 0.717) is 86.4 Å². The lowest BCUT2D eigenvalue weighted by Crippen LogP contribution is -2.46. The number of hydrogen-bond donors (Lipinski definition) is 1. The number of benzene rings is 3. The molecule has 3 aliphatic rings. The molecule has 2 fully saturated rings. The van der Waals surface area contributed by atoms with Crippen LogP contribution in [0, 0.1) is 0 Å². The highest BCUT2D eigenvalue weighted by Crippen LogP contribution is 2.54. The summed E-state index contributed by atoms with van der Waals surface area (Å²) in [6, 6.07) is 26.2. The summed E-state index contributed by atoms with van der Waals surface area (Å²) < 4.78 is 55.4. The average Bonchev–Trinajstić information content (AvgIpc) is 3.60. The maximum Gasteiger partial charge on any atom is 0.269 e. The van der Waals surface area contributed by atoms with Gasteiger partial charge in [-0.1, -0.05) is 72.8 Å². The normalized spacial score (nSPS) is 18.5. The van der Waals surface area contributed by atoms with Crippen molar-refractivity contribution in [2.75, 3.05) is 44.4 Å². The van der Waals surface area contributed by atoms with E-state index in [9.17, 15) is 21.6 Å². The summed E-state index contributed by atoms with van der Waals surface area (Å²) in [5.74, 6) is 0.0115. The first-order valence-electron chi connectivity index (χ1n) is 17.4. The second kappa shape index (κ2) is 12.7.